The number of nitrogens with zero attached hydrogens (tertiary/aromatic N) is 1. The summed E-state index contributed by atoms with van der Waals surface area (Å²) in [6.45, 7) is 2.67. The number of likely N-dealkylation sites (tertiary alicyclic amines) is 1. The number of carbonyl (C=O) groups is 1. The lowest BCUT2D eigenvalue weighted by Crippen LogP contribution is -2.52. The lowest BCUT2D eigenvalue weighted by Gasteiger charge is -2.44. The van der Waals surface area contributed by atoms with Crippen molar-refractivity contribution in [2.24, 2.45) is 0 Å². The van der Waals surface area contributed by atoms with Gasteiger partial charge in [0.15, 0.2) is 0 Å². The molecular formula is C17H30N2O2. The van der Waals surface area contributed by atoms with Gasteiger partial charge in [-0.05, 0) is 38.5 Å². The van der Waals surface area contributed by atoms with Crippen LogP contribution in [0.2, 0.25) is 0 Å². The number of carbonyl (C=O) groups excluding carboxylic acids is 1. The smallest absolute Gasteiger partial charge is 0.317 e. The highest BCUT2D eigenvalue weighted by molar-refractivity contribution is 5.74. The molecule has 1 N–H and O–H groups in total. The summed E-state index contributed by atoms with van der Waals surface area (Å²) in [5, 5.41) is 3.29. The third-order valence-corrected chi connectivity index (χ3v) is 5.48. The number of urea groups is 1. The third-order valence-electron chi connectivity index (χ3n) is 5.48. The third kappa shape index (κ3) is 3.91. The predicted molar refractivity (Wildman–Crippen MR) is 83.4 cm³/mol. The summed E-state index contributed by atoms with van der Waals surface area (Å²) in [7, 11) is 0. The second kappa shape index (κ2) is 6.99. The quantitative estimate of drug-likeness (QED) is 0.804. The number of hydrogen-bond donors (Lipinski definition) is 1. The first-order valence-electron chi connectivity index (χ1n) is 8.97. The van der Waals surface area contributed by atoms with E-state index in [1.54, 1.807) is 0 Å². The van der Waals surface area contributed by atoms with Crippen LogP contribution in [0, 0.1) is 0 Å². The zero-order valence-corrected chi connectivity index (χ0v) is 13.2. The zero-order chi connectivity index (χ0) is 14.5. The fourth-order valence-corrected chi connectivity index (χ4v) is 4.24. The Bertz CT molecular complexity index is 339. The Hall–Kier alpha value is -0.770. The van der Waals surface area contributed by atoms with Gasteiger partial charge in [0, 0.05) is 25.7 Å². The van der Waals surface area contributed by atoms with Gasteiger partial charge in [-0.2, -0.15) is 0 Å². The van der Waals surface area contributed by atoms with Gasteiger partial charge in [0.25, 0.3) is 0 Å². The van der Waals surface area contributed by atoms with Crippen molar-refractivity contribution >= 4 is 6.03 Å². The van der Waals surface area contributed by atoms with E-state index in [0.717, 1.165) is 45.4 Å². The van der Waals surface area contributed by atoms with Crippen LogP contribution in [0.3, 0.4) is 0 Å². The maximum atomic E-state index is 12.5. The highest BCUT2D eigenvalue weighted by Gasteiger charge is 2.39. The first-order valence-corrected chi connectivity index (χ1v) is 8.97. The van der Waals surface area contributed by atoms with E-state index in [9.17, 15) is 4.79 Å². The Morgan fingerprint density at radius 3 is 2.38 bits per heavy atom. The van der Waals surface area contributed by atoms with Crippen LogP contribution in [0.1, 0.15) is 70.6 Å². The van der Waals surface area contributed by atoms with Crippen molar-refractivity contribution in [1.29, 1.82) is 0 Å². The van der Waals surface area contributed by atoms with Crippen molar-refractivity contribution in [1.82, 2.24) is 10.2 Å². The van der Waals surface area contributed by atoms with E-state index in [1.165, 1.54) is 44.9 Å². The Morgan fingerprint density at radius 1 is 1.00 bits per heavy atom. The van der Waals surface area contributed by atoms with Gasteiger partial charge in [-0.25, -0.2) is 4.79 Å². The monoisotopic (exact) mass is 294 g/mol. The molecule has 120 valence electrons. The minimum absolute atomic E-state index is 0.0766. The molecule has 2 saturated heterocycles. The van der Waals surface area contributed by atoms with Crippen LogP contribution >= 0.6 is 0 Å². The van der Waals surface area contributed by atoms with E-state index in [0.29, 0.717) is 6.04 Å². The van der Waals surface area contributed by atoms with E-state index < -0.39 is 0 Å². The van der Waals surface area contributed by atoms with Gasteiger partial charge in [-0.3, -0.25) is 0 Å². The lowest BCUT2D eigenvalue weighted by molar-refractivity contribution is -0.108. The number of rotatable bonds is 1. The molecule has 1 spiro atoms. The van der Waals surface area contributed by atoms with Crippen LogP contribution < -0.4 is 5.32 Å². The number of amides is 2. The molecule has 0 aromatic carbocycles. The molecule has 2 aliphatic heterocycles. The van der Waals surface area contributed by atoms with Gasteiger partial charge >= 0.3 is 6.03 Å². The topological polar surface area (TPSA) is 41.6 Å². The summed E-state index contributed by atoms with van der Waals surface area (Å²) in [5.41, 5.74) is 0.0766. The lowest BCUT2D eigenvalue weighted by atomic mass is 9.78. The molecule has 0 aromatic heterocycles. The van der Waals surface area contributed by atoms with Gasteiger partial charge in [0.05, 0.1) is 5.60 Å². The van der Waals surface area contributed by atoms with Crippen molar-refractivity contribution in [3.63, 3.8) is 0 Å². The number of ether oxygens (including phenoxy) is 1. The predicted octanol–water partition coefficient (Wildman–Crippen LogP) is 3.45. The van der Waals surface area contributed by atoms with Crippen molar-refractivity contribution < 1.29 is 9.53 Å². The molecule has 1 aliphatic carbocycles. The van der Waals surface area contributed by atoms with E-state index in [4.69, 9.17) is 4.74 Å². The molecule has 4 heteroatoms. The number of nitrogens with one attached hydrogen (secondary N) is 1. The SMILES string of the molecule is O=C(NC1CCOC2(CCCCC2)C1)N1CCCCCC1. The van der Waals surface area contributed by atoms with E-state index in [2.05, 4.69) is 5.32 Å². The maximum absolute atomic E-state index is 12.5. The normalized spacial score (nSPS) is 29.9. The Labute approximate surface area is 128 Å². The van der Waals surface area contributed by atoms with Gasteiger partial charge in [-0.15, -0.1) is 0 Å². The highest BCUT2D eigenvalue weighted by Crippen LogP contribution is 2.38. The summed E-state index contributed by atoms with van der Waals surface area (Å²) in [4.78, 5) is 14.5. The average molecular weight is 294 g/mol. The Kier molecular flexibility index (Phi) is 5.04. The summed E-state index contributed by atoms with van der Waals surface area (Å²) in [5.74, 6) is 0. The standard InChI is InChI=1S/C17H30N2O2/c20-16(19-11-6-1-2-7-12-19)18-15-8-13-21-17(14-15)9-4-3-5-10-17/h15H,1-14H2,(H,18,20). The van der Waals surface area contributed by atoms with Gasteiger partial charge in [0.1, 0.15) is 0 Å². The molecule has 3 aliphatic rings. The van der Waals surface area contributed by atoms with Crippen LogP contribution in [-0.2, 0) is 4.74 Å². The van der Waals surface area contributed by atoms with Crippen molar-refractivity contribution in [3.8, 4) is 0 Å². The molecule has 0 radical (unpaired) electrons. The fourth-order valence-electron chi connectivity index (χ4n) is 4.24. The van der Waals surface area contributed by atoms with Gasteiger partial charge in [0.2, 0.25) is 0 Å². The van der Waals surface area contributed by atoms with Crippen LogP contribution in [0.5, 0.6) is 0 Å². The van der Waals surface area contributed by atoms with Gasteiger partial charge < -0.3 is 15.0 Å². The van der Waals surface area contributed by atoms with Gasteiger partial charge in [-0.1, -0.05) is 32.1 Å². The van der Waals surface area contributed by atoms with Crippen LogP contribution in [-0.4, -0.2) is 42.3 Å². The first kappa shape index (κ1) is 15.1. The van der Waals surface area contributed by atoms with E-state index in [-0.39, 0.29) is 11.6 Å². The molecular weight excluding hydrogens is 264 g/mol. The van der Waals surface area contributed by atoms with E-state index >= 15 is 0 Å². The van der Waals surface area contributed by atoms with Crippen molar-refractivity contribution in [2.75, 3.05) is 19.7 Å². The molecule has 0 bridgehead atoms. The number of hydrogen-bond acceptors (Lipinski definition) is 2. The molecule has 1 saturated carbocycles. The molecule has 1 atom stereocenters. The summed E-state index contributed by atoms with van der Waals surface area (Å²) in [6, 6.07) is 0.474. The van der Waals surface area contributed by atoms with Crippen LogP contribution in [0.25, 0.3) is 0 Å². The molecule has 3 fully saturated rings. The molecule has 1 unspecified atom stereocenters. The minimum atomic E-state index is 0.0766. The zero-order valence-electron chi connectivity index (χ0n) is 13.2. The minimum Gasteiger partial charge on any atom is -0.375 e. The second-order valence-corrected chi connectivity index (χ2v) is 7.13. The van der Waals surface area contributed by atoms with Crippen molar-refractivity contribution in [2.45, 2.75) is 82.3 Å². The second-order valence-electron chi connectivity index (χ2n) is 7.13. The molecule has 2 heterocycles. The molecule has 2 amide bonds. The first-order chi connectivity index (χ1) is 10.3. The maximum Gasteiger partial charge on any atom is 0.317 e. The summed E-state index contributed by atoms with van der Waals surface area (Å²) >= 11 is 0. The fraction of sp³-hybridized carbons (Fsp3) is 0.941. The average Bonchev–Trinajstić information content (AvgIpc) is 2.77. The van der Waals surface area contributed by atoms with Crippen molar-refractivity contribution in [3.05, 3.63) is 0 Å². The summed E-state index contributed by atoms with van der Waals surface area (Å²) in [6.07, 6.45) is 13.1. The summed E-state index contributed by atoms with van der Waals surface area (Å²) < 4.78 is 6.12. The molecule has 21 heavy (non-hydrogen) atoms. The Morgan fingerprint density at radius 2 is 1.67 bits per heavy atom. The molecule has 0 aromatic rings. The van der Waals surface area contributed by atoms with Crippen LogP contribution in [0.15, 0.2) is 0 Å². The largest absolute Gasteiger partial charge is 0.375 e. The van der Waals surface area contributed by atoms with E-state index in [1.807, 2.05) is 4.90 Å². The Balaban J connectivity index is 1.52. The van der Waals surface area contributed by atoms with Crippen LogP contribution in [0.4, 0.5) is 4.79 Å². The highest BCUT2D eigenvalue weighted by atomic mass is 16.5. The molecule has 4 nitrogen and oxygen atoms in total. The molecule has 3 rings (SSSR count).